The zero-order chi connectivity index (χ0) is 14.3. The van der Waals surface area contributed by atoms with Crippen LogP contribution in [0.1, 0.15) is 25.8 Å². The monoisotopic (exact) mass is 264 g/mol. The molecule has 0 bridgehead atoms. The number of carbonyl (C=O) groups is 1. The topological polar surface area (TPSA) is 55.6 Å². The van der Waals surface area contributed by atoms with Crippen LogP contribution in [0.25, 0.3) is 0 Å². The number of likely N-dealkylation sites (N-methyl/N-ethyl adjacent to an activating group) is 1. The van der Waals surface area contributed by atoms with Crippen molar-refractivity contribution in [3.05, 3.63) is 29.8 Å². The fourth-order valence-electron chi connectivity index (χ4n) is 1.76. The molecule has 4 heteroatoms. The standard InChI is InChI=1S/C15H24N2O2/c1-4-12(2)10-17(3)15(18)11-19-14-8-6-5-7-13(14)9-16/h5-8,12H,4,9-11,16H2,1-3H3. The van der Waals surface area contributed by atoms with Crippen LogP contribution in [0.4, 0.5) is 0 Å². The van der Waals surface area contributed by atoms with E-state index in [4.69, 9.17) is 10.5 Å². The maximum absolute atomic E-state index is 11.9. The second-order valence-corrected chi connectivity index (χ2v) is 4.89. The molecule has 2 N–H and O–H groups in total. The van der Waals surface area contributed by atoms with Crippen molar-refractivity contribution in [2.75, 3.05) is 20.2 Å². The maximum Gasteiger partial charge on any atom is 0.260 e. The first-order valence-electron chi connectivity index (χ1n) is 6.73. The first-order chi connectivity index (χ1) is 9.08. The number of hydrogen-bond acceptors (Lipinski definition) is 3. The van der Waals surface area contributed by atoms with Gasteiger partial charge < -0.3 is 15.4 Å². The van der Waals surface area contributed by atoms with E-state index in [1.54, 1.807) is 4.90 Å². The highest BCUT2D eigenvalue weighted by molar-refractivity contribution is 5.77. The lowest BCUT2D eigenvalue weighted by molar-refractivity contribution is -0.132. The molecule has 1 amide bonds. The number of ether oxygens (including phenoxy) is 1. The van der Waals surface area contributed by atoms with E-state index in [-0.39, 0.29) is 12.5 Å². The van der Waals surface area contributed by atoms with Crippen molar-refractivity contribution >= 4 is 5.91 Å². The molecule has 0 saturated carbocycles. The van der Waals surface area contributed by atoms with E-state index in [1.165, 1.54) is 0 Å². The van der Waals surface area contributed by atoms with Crippen molar-refractivity contribution < 1.29 is 9.53 Å². The molecule has 0 heterocycles. The molecule has 4 nitrogen and oxygen atoms in total. The first-order valence-corrected chi connectivity index (χ1v) is 6.73. The molecule has 19 heavy (non-hydrogen) atoms. The molecule has 0 saturated heterocycles. The quantitative estimate of drug-likeness (QED) is 0.820. The summed E-state index contributed by atoms with van der Waals surface area (Å²) in [5, 5.41) is 0. The van der Waals surface area contributed by atoms with Crippen LogP contribution in [-0.2, 0) is 11.3 Å². The van der Waals surface area contributed by atoms with Crippen LogP contribution in [0.15, 0.2) is 24.3 Å². The number of amides is 1. The van der Waals surface area contributed by atoms with Gasteiger partial charge in [0.25, 0.3) is 5.91 Å². The van der Waals surface area contributed by atoms with Gasteiger partial charge >= 0.3 is 0 Å². The van der Waals surface area contributed by atoms with E-state index >= 15 is 0 Å². The van der Waals surface area contributed by atoms with E-state index in [0.29, 0.717) is 18.2 Å². The summed E-state index contributed by atoms with van der Waals surface area (Å²) in [6, 6.07) is 7.53. The highest BCUT2D eigenvalue weighted by Crippen LogP contribution is 2.17. The maximum atomic E-state index is 11.9. The molecule has 0 aromatic heterocycles. The SMILES string of the molecule is CCC(C)CN(C)C(=O)COc1ccccc1CN. The van der Waals surface area contributed by atoms with Gasteiger partial charge in [-0.3, -0.25) is 4.79 Å². The Kier molecular flexibility index (Phi) is 6.36. The Morgan fingerprint density at radius 1 is 1.42 bits per heavy atom. The highest BCUT2D eigenvalue weighted by Gasteiger charge is 2.12. The number of rotatable bonds is 7. The molecule has 0 fully saturated rings. The number of para-hydroxylation sites is 1. The Balaban J connectivity index is 2.49. The summed E-state index contributed by atoms with van der Waals surface area (Å²) in [5.41, 5.74) is 6.54. The molecule has 1 rings (SSSR count). The molecule has 1 unspecified atom stereocenters. The average molecular weight is 264 g/mol. The minimum Gasteiger partial charge on any atom is -0.483 e. The predicted octanol–water partition coefficient (Wildman–Crippen LogP) is 2.03. The minimum atomic E-state index is -0.00729. The molecule has 1 aromatic rings. The van der Waals surface area contributed by atoms with E-state index in [2.05, 4.69) is 13.8 Å². The zero-order valence-electron chi connectivity index (χ0n) is 12.1. The molecule has 0 radical (unpaired) electrons. The van der Waals surface area contributed by atoms with E-state index in [0.717, 1.165) is 18.5 Å². The largest absolute Gasteiger partial charge is 0.483 e. The third-order valence-electron chi connectivity index (χ3n) is 3.25. The van der Waals surface area contributed by atoms with Crippen LogP contribution in [0, 0.1) is 5.92 Å². The van der Waals surface area contributed by atoms with Crippen molar-refractivity contribution in [2.45, 2.75) is 26.8 Å². The molecular weight excluding hydrogens is 240 g/mol. The van der Waals surface area contributed by atoms with Crippen molar-refractivity contribution in [1.82, 2.24) is 4.90 Å². The van der Waals surface area contributed by atoms with Crippen molar-refractivity contribution in [2.24, 2.45) is 11.7 Å². The molecule has 106 valence electrons. The first kappa shape index (κ1) is 15.5. The van der Waals surface area contributed by atoms with Gasteiger partial charge in [-0.1, -0.05) is 38.5 Å². The van der Waals surface area contributed by atoms with Gasteiger partial charge in [0.15, 0.2) is 6.61 Å². The minimum absolute atomic E-state index is 0.00729. The molecule has 1 atom stereocenters. The summed E-state index contributed by atoms with van der Waals surface area (Å²) in [7, 11) is 1.81. The van der Waals surface area contributed by atoms with Gasteiger partial charge in [-0.15, -0.1) is 0 Å². The van der Waals surface area contributed by atoms with Crippen molar-refractivity contribution in [3.8, 4) is 5.75 Å². The van der Waals surface area contributed by atoms with E-state index < -0.39 is 0 Å². The predicted molar refractivity (Wildman–Crippen MR) is 76.9 cm³/mol. The molecule has 1 aromatic carbocycles. The van der Waals surface area contributed by atoms with Gasteiger partial charge in [-0.2, -0.15) is 0 Å². The highest BCUT2D eigenvalue weighted by atomic mass is 16.5. The summed E-state index contributed by atoms with van der Waals surface area (Å²) in [4.78, 5) is 13.7. The summed E-state index contributed by atoms with van der Waals surface area (Å²) < 4.78 is 5.55. The fraction of sp³-hybridized carbons (Fsp3) is 0.533. The third kappa shape index (κ3) is 4.91. The van der Waals surface area contributed by atoms with Gasteiger partial charge in [-0.25, -0.2) is 0 Å². The van der Waals surface area contributed by atoms with Crippen LogP contribution >= 0.6 is 0 Å². The van der Waals surface area contributed by atoms with Gasteiger partial charge in [0.1, 0.15) is 5.75 Å². The second-order valence-electron chi connectivity index (χ2n) is 4.89. The Hall–Kier alpha value is -1.55. The number of hydrogen-bond donors (Lipinski definition) is 1. The van der Waals surface area contributed by atoms with E-state index in [9.17, 15) is 4.79 Å². The molecule has 0 aliphatic heterocycles. The van der Waals surface area contributed by atoms with Gasteiger partial charge in [0.05, 0.1) is 0 Å². The normalized spacial score (nSPS) is 12.0. The average Bonchev–Trinajstić information content (AvgIpc) is 2.44. The van der Waals surface area contributed by atoms with Crippen molar-refractivity contribution in [3.63, 3.8) is 0 Å². The molecule has 0 aliphatic rings. The number of benzene rings is 1. The molecule has 0 aliphatic carbocycles. The Morgan fingerprint density at radius 2 is 2.11 bits per heavy atom. The van der Waals surface area contributed by atoms with Gasteiger partial charge in [0.2, 0.25) is 0 Å². The Labute approximate surface area is 115 Å². The van der Waals surface area contributed by atoms with Crippen LogP contribution in [-0.4, -0.2) is 31.0 Å². The summed E-state index contributed by atoms with van der Waals surface area (Å²) in [6.45, 7) is 5.49. The lowest BCUT2D eigenvalue weighted by Crippen LogP contribution is -2.34. The molecule has 0 spiro atoms. The van der Waals surface area contributed by atoms with Crippen molar-refractivity contribution in [1.29, 1.82) is 0 Å². The molecular formula is C15H24N2O2. The summed E-state index contributed by atoms with van der Waals surface area (Å²) >= 11 is 0. The number of nitrogens with two attached hydrogens (primary N) is 1. The Bertz CT molecular complexity index is 407. The van der Waals surface area contributed by atoms with Crippen LogP contribution < -0.4 is 10.5 Å². The fourth-order valence-corrected chi connectivity index (χ4v) is 1.76. The lowest BCUT2D eigenvalue weighted by atomic mass is 10.1. The number of carbonyl (C=O) groups excluding carboxylic acids is 1. The third-order valence-corrected chi connectivity index (χ3v) is 3.25. The van der Waals surface area contributed by atoms with Crippen LogP contribution in [0.2, 0.25) is 0 Å². The summed E-state index contributed by atoms with van der Waals surface area (Å²) in [6.07, 6.45) is 1.06. The van der Waals surface area contributed by atoms with Gasteiger partial charge in [0, 0.05) is 25.7 Å². The van der Waals surface area contributed by atoms with Crippen LogP contribution in [0.3, 0.4) is 0 Å². The summed E-state index contributed by atoms with van der Waals surface area (Å²) in [5.74, 6) is 1.19. The van der Waals surface area contributed by atoms with Crippen LogP contribution in [0.5, 0.6) is 5.75 Å². The zero-order valence-corrected chi connectivity index (χ0v) is 12.1. The second kappa shape index (κ2) is 7.79. The van der Waals surface area contributed by atoms with E-state index in [1.807, 2.05) is 31.3 Å². The Morgan fingerprint density at radius 3 is 2.74 bits per heavy atom. The smallest absolute Gasteiger partial charge is 0.260 e. The lowest BCUT2D eigenvalue weighted by Gasteiger charge is -2.21. The number of nitrogens with zero attached hydrogens (tertiary/aromatic N) is 1. The van der Waals surface area contributed by atoms with Gasteiger partial charge in [-0.05, 0) is 12.0 Å².